The minimum Gasteiger partial charge on any atom is -0.492 e. The highest BCUT2D eigenvalue weighted by Gasteiger charge is 2.22. The lowest BCUT2D eigenvalue weighted by atomic mass is 10.1. The number of carbonyl (C=O) groups is 2. The van der Waals surface area contributed by atoms with Crippen molar-refractivity contribution in [1.82, 2.24) is 15.2 Å². The van der Waals surface area contributed by atoms with Crippen molar-refractivity contribution in [3.63, 3.8) is 0 Å². The Labute approximate surface area is 240 Å². The van der Waals surface area contributed by atoms with Gasteiger partial charge in [0.25, 0.3) is 0 Å². The maximum atomic E-state index is 13.9. The van der Waals surface area contributed by atoms with Crippen LogP contribution in [0.5, 0.6) is 5.75 Å². The number of carboxylic acid groups (broad SMARTS) is 1. The third kappa shape index (κ3) is 9.86. The zero-order valence-corrected chi connectivity index (χ0v) is 23.4. The molecule has 9 heteroatoms. The molecular formula is C32H39FN4O4. The molecule has 218 valence electrons. The number of carbonyl (C=O) groups excluding carboxylic acids is 1. The molecule has 8 nitrogen and oxygen atoms in total. The van der Waals surface area contributed by atoms with E-state index in [4.69, 9.17) is 9.72 Å². The summed E-state index contributed by atoms with van der Waals surface area (Å²) < 4.78 is 19.8. The summed E-state index contributed by atoms with van der Waals surface area (Å²) in [4.78, 5) is 31.4. The average molecular weight is 563 g/mol. The first-order valence-electron chi connectivity index (χ1n) is 14.4. The van der Waals surface area contributed by atoms with Crippen LogP contribution in [0, 0.1) is 5.82 Å². The molecule has 1 atom stereocenters. The van der Waals surface area contributed by atoms with Gasteiger partial charge in [0.1, 0.15) is 30.0 Å². The van der Waals surface area contributed by atoms with E-state index in [1.165, 1.54) is 17.7 Å². The quantitative estimate of drug-likeness (QED) is 0.221. The summed E-state index contributed by atoms with van der Waals surface area (Å²) in [5, 5.41) is 15.7. The lowest BCUT2D eigenvalue weighted by Gasteiger charge is -2.24. The summed E-state index contributed by atoms with van der Waals surface area (Å²) in [6.07, 6.45) is 4.94. The highest BCUT2D eigenvalue weighted by Crippen LogP contribution is 2.20. The second-order valence-corrected chi connectivity index (χ2v) is 10.3. The van der Waals surface area contributed by atoms with E-state index in [-0.39, 0.29) is 18.4 Å². The Bertz CT molecular complexity index is 1270. The first-order valence-corrected chi connectivity index (χ1v) is 14.4. The number of halogens is 1. The minimum atomic E-state index is -1.11. The number of hydrogen-bond donors (Lipinski definition) is 3. The van der Waals surface area contributed by atoms with Crippen molar-refractivity contribution in [3.8, 4) is 5.75 Å². The van der Waals surface area contributed by atoms with Crippen molar-refractivity contribution in [2.24, 2.45) is 0 Å². The van der Waals surface area contributed by atoms with E-state index in [2.05, 4.69) is 27.7 Å². The lowest BCUT2D eigenvalue weighted by Crippen LogP contribution is -2.44. The Morgan fingerprint density at radius 3 is 2.63 bits per heavy atom. The fourth-order valence-electron chi connectivity index (χ4n) is 4.92. The maximum Gasteiger partial charge on any atom is 0.326 e. The van der Waals surface area contributed by atoms with Gasteiger partial charge in [-0.05, 0) is 80.5 Å². The molecule has 1 aromatic heterocycles. The lowest BCUT2D eigenvalue weighted by molar-refractivity contribution is -0.142. The van der Waals surface area contributed by atoms with Crippen LogP contribution in [-0.2, 0) is 28.9 Å². The van der Waals surface area contributed by atoms with Gasteiger partial charge in [0.05, 0.1) is 6.42 Å². The smallest absolute Gasteiger partial charge is 0.326 e. The standard InChI is InChI=1S/C32H39FN4O4/c33-28-14-5-4-9-25(28)23-30(38)36-29(32(39)40)17-20-37(21-22-41-27-12-2-1-3-13-27)19-7-6-11-26-16-15-24-10-8-18-34-31(24)35-26/h1-5,9,12-16,29H,6-8,10-11,17-23H2,(H,34,35)(H,36,38)(H,39,40). The molecule has 4 rings (SSSR count). The highest BCUT2D eigenvalue weighted by molar-refractivity contribution is 5.84. The molecule has 3 N–H and O–H groups in total. The van der Waals surface area contributed by atoms with Crippen molar-refractivity contribution in [1.29, 1.82) is 0 Å². The Morgan fingerprint density at radius 1 is 1.02 bits per heavy atom. The van der Waals surface area contributed by atoms with Crippen LogP contribution in [0.2, 0.25) is 0 Å². The molecule has 0 bridgehead atoms. The highest BCUT2D eigenvalue weighted by atomic mass is 19.1. The number of aliphatic carboxylic acids is 1. The zero-order chi connectivity index (χ0) is 28.9. The number of fused-ring (bicyclic) bond motifs is 1. The van der Waals surface area contributed by atoms with E-state index in [9.17, 15) is 19.1 Å². The Kier molecular flexibility index (Phi) is 11.5. The predicted molar refractivity (Wildman–Crippen MR) is 157 cm³/mol. The molecule has 1 amide bonds. The second-order valence-electron chi connectivity index (χ2n) is 10.3. The Morgan fingerprint density at radius 2 is 1.83 bits per heavy atom. The van der Waals surface area contributed by atoms with Crippen LogP contribution in [-0.4, -0.2) is 65.7 Å². The number of rotatable bonds is 16. The molecule has 0 saturated heterocycles. The molecular weight excluding hydrogens is 523 g/mol. The number of hydrogen-bond acceptors (Lipinski definition) is 6. The first-order chi connectivity index (χ1) is 20.0. The number of anilines is 1. The Hall–Kier alpha value is -3.98. The fraction of sp³-hybridized carbons (Fsp3) is 0.406. The summed E-state index contributed by atoms with van der Waals surface area (Å²) in [5.74, 6) is -0.331. The summed E-state index contributed by atoms with van der Waals surface area (Å²) in [7, 11) is 0. The topological polar surface area (TPSA) is 104 Å². The van der Waals surface area contributed by atoms with Crippen LogP contribution in [0.1, 0.15) is 42.5 Å². The van der Waals surface area contributed by atoms with Crippen LogP contribution < -0.4 is 15.4 Å². The van der Waals surface area contributed by atoms with Gasteiger partial charge in [-0.15, -0.1) is 0 Å². The molecule has 0 saturated carbocycles. The number of nitrogens with zero attached hydrogens (tertiary/aromatic N) is 2. The zero-order valence-electron chi connectivity index (χ0n) is 23.4. The number of aromatic nitrogens is 1. The summed E-state index contributed by atoms with van der Waals surface area (Å²) >= 11 is 0. The number of ether oxygens (including phenoxy) is 1. The van der Waals surface area contributed by atoms with Crippen molar-refractivity contribution < 1.29 is 23.8 Å². The van der Waals surface area contributed by atoms with Crippen molar-refractivity contribution in [3.05, 3.63) is 89.4 Å². The van der Waals surface area contributed by atoms with Gasteiger partial charge in [-0.3, -0.25) is 9.69 Å². The molecule has 0 aliphatic carbocycles. The van der Waals surface area contributed by atoms with E-state index in [0.29, 0.717) is 19.7 Å². The minimum absolute atomic E-state index is 0.211. The second kappa shape index (κ2) is 15.7. The van der Waals surface area contributed by atoms with Gasteiger partial charge in [0.2, 0.25) is 5.91 Å². The van der Waals surface area contributed by atoms with Gasteiger partial charge in [0, 0.05) is 25.3 Å². The number of aryl methyl sites for hydroxylation is 2. The third-order valence-electron chi connectivity index (χ3n) is 7.20. The van der Waals surface area contributed by atoms with E-state index < -0.39 is 23.7 Å². The molecule has 2 heterocycles. The third-order valence-corrected chi connectivity index (χ3v) is 7.20. The largest absolute Gasteiger partial charge is 0.492 e. The van der Waals surface area contributed by atoms with Gasteiger partial charge >= 0.3 is 5.97 Å². The molecule has 41 heavy (non-hydrogen) atoms. The SMILES string of the molecule is O=C(Cc1ccccc1F)NC(CCN(CCCCc1ccc2c(n1)NCCC2)CCOc1ccccc1)C(=O)O. The van der Waals surface area contributed by atoms with Crippen molar-refractivity contribution >= 4 is 17.7 Å². The number of benzene rings is 2. The van der Waals surface area contributed by atoms with Crippen molar-refractivity contribution in [2.45, 2.75) is 51.0 Å². The molecule has 1 unspecified atom stereocenters. The summed E-state index contributed by atoms with van der Waals surface area (Å²) in [5.41, 5.74) is 2.58. The van der Waals surface area contributed by atoms with E-state index in [1.54, 1.807) is 12.1 Å². The fourth-order valence-corrected chi connectivity index (χ4v) is 4.92. The van der Waals surface area contributed by atoms with Crippen molar-refractivity contribution in [2.75, 3.05) is 38.1 Å². The predicted octanol–water partition coefficient (Wildman–Crippen LogP) is 4.48. The molecule has 1 aliphatic rings. The number of para-hydroxylation sites is 1. The van der Waals surface area contributed by atoms with E-state index in [1.807, 2.05) is 30.3 Å². The van der Waals surface area contributed by atoms with Crippen LogP contribution in [0.4, 0.5) is 10.2 Å². The van der Waals surface area contributed by atoms with Crippen LogP contribution in [0.15, 0.2) is 66.7 Å². The van der Waals surface area contributed by atoms with Gasteiger partial charge < -0.3 is 20.5 Å². The number of carboxylic acids is 1. The number of amides is 1. The van der Waals surface area contributed by atoms with E-state index in [0.717, 1.165) is 62.5 Å². The van der Waals surface area contributed by atoms with Gasteiger partial charge in [-0.1, -0.05) is 42.5 Å². The number of nitrogens with one attached hydrogen (secondary N) is 2. The van der Waals surface area contributed by atoms with Crippen LogP contribution in [0.25, 0.3) is 0 Å². The maximum absolute atomic E-state index is 13.9. The summed E-state index contributed by atoms with van der Waals surface area (Å²) in [6.45, 7) is 3.27. The van der Waals surface area contributed by atoms with Gasteiger partial charge in [-0.25, -0.2) is 14.2 Å². The molecule has 2 aromatic carbocycles. The average Bonchev–Trinajstić information content (AvgIpc) is 2.98. The van der Waals surface area contributed by atoms with Crippen LogP contribution >= 0.6 is 0 Å². The first kappa shape index (κ1) is 30.0. The van der Waals surface area contributed by atoms with Gasteiger partial charge in [-0.2, -0.15) is 0 Å². The number of unbranched alkanes of at least 4 members (excludes halogenated alkanes) is 1. The van der Waals surface area contributed by atoms with Crippen LogP contribution in [0.3, 0.4) is 0 Å². The van der Waals surface area contributed by atoms with E-state index >= 15 is 0 Å². The monoisotopic (exact) mass is 562 g/mol. The normalized spacial score (nSPS) is 13.2. The number of pyridine rings is 1. The Balaban J connectivity index is 1.28. The molecule has 0 spiro atoms. The molecule has 3 aromatic rings. The van der Waals surface area contributed by atoms with Gasteiger partial charge in [0.15, 0.2) is 0 Å². The summed E-state index contributed by atoms with van der Waals surface area (Å²) in [6, 6.07) is 18.8. The molecule has 0 radical (unpaired) electrons. The molecule has 1 aliphatic heterocycles. The molecule has 0 fully saturated rings.